The minimum Gasteiger partial charge on any atom is -0.404 e. The summed E-state index contributed by atoms with van der Waals surface area (Å²) in [6.45, 7) is 4.14. The van der Waals surface area contributed by atoms with Gasteiger partial charge in [-0.2, -0.15) is 0 Å². The molecule has 9 heteroatoms. The Kier molecular flexibility index (Phi) is 10.2. The molecule has 0 spiro atoms. The van der Waals surface area contributed by atoms with E-state index in [9.17, 15) is 28.7 Å². The van der Waals surface area contributed by atoms with Gasteiger partial charge in [0.05, 0.1) is 5.30 Å². The minimum atomic E-state index is -4.77. The lowest BCUT2D eigenvalue weighted by atomic mass is 10.0. The van der Waals surface area contributed by atoms with E-state index < -0.39 is 15.4 Å². The fraction of sp³-hybridized carbons (Fsp3) is 0.667. The first-order valence-electron chi connectivity index (χ1n) is 9.55. The molecule has 0 atom stereocenters. The topological polar surface area (TPSA) is 124 Å². The van der Waals surface area contributed by atoms with E-state index in [0.29, 0.717) is 24.0 Å². The highest BCUT2D eigenvalue weighted by atomic mass is 31.2. The van der Waals surface area contributed by atoms with Crippen LogP contribution in [-0.2, 0) is 22.0 Å². The van der Waals surface area contributed by atoms with Gasteiger partial charge in [0.2, 0.25) is 0 Å². The Morgan fingerprint density at radius 1 is 0.778 bits per heavy atom. The summed E-state index contributed by atoms with van der Waals surface area (Å²) in [4.78, 5) is 37.9. The molecule has 0 saturated carbocycles. The molecule has 0 aliphatic rings. The molecule has 4 N–H and O–H groups in total. The van der Waals surface area contributed by atoms with Crippen molar-refractivity contribution in [1.29, 1.82) is 0 Å². The SMILES string of the molecule is CCCCCCc1cc(P(=O)(O)O)c(CCCCCC)cc1OP(=O)(O)O. The monoisotopic (exact) mass is 422 g/mol. The summed E-state index contributed by atoms with van der Waals surface area (Å²) in [5.74, 6) is 0.0162. The summed E-state index contributed by atoms with van der Waals surface area (Å²) >= 11 is 0. The van der Waals surface area contributed by atoms with E-state index in [-0.39, 0.29) is 11.1 Å². The van der Waals surface area contributed by atoms with Crippen LogP contribution < -0.4 is 9.83 Å². The second kappa shape index (κ2) is 11.4. The van der Waals surface area contributed by atoms with Gasteiger partial charge in [-0.15, -0.1) is 0 Å². The number of rotatable bonds is 13. The molecule has 1 rings (SSSR count). The summed E-state index contributed by atoms with van der Waals surface area (Å²) in [6, 6.07) is 2.77. The van der Waals surface area contributed by atoms with E-state index in [4.69, 9.17) is 4.52 Å². The molecule has 0 unspecified atom stereocenters. The average Bonchev–Trinajstić information content (AvgIpc) is 2.54. The van der Waals surface area contributed by atoms with E-state index >= 15 is 0 Å². The fourth-order valence-corrected chi connectivity index (χ4v) is 4.32. The lowest BCUT2D eigenvalue weighted by Gasteiger charge is -2.18. The number of phosphoric acid groups is 1. The second-order valence-corrected chi connectivity index (χ2v) is 9.57. The molecule has 0 aliphatic heterocycles. The van der Waals surface area contributed by atoms with Crippen LogP contribution in [0.2, 0.25) is 0 Å². The number of hydrogen-bond acceptors (Lipinski definition) is 3. The first kappa shape index (κ1) is 24.4. The van der Waals surface area contributed by atoms with Gasteiger partial charge in [0.25, 0.3) is 0 Å². The zero-order chi connectivity index (χ0) is 20.5. The highest BCUT2D eigenvalue weighted by Gasteiger charge is 2.26. The largest absolute Gasteiger partial charge is 0.524 e. The third-order valence-corrected chi connectivity index (χ3v) is 5.87. The Morgan fingerprint density at radius 3 is 1.74 bits per heavy atom. The summed E-state index contributed by atoms with van der Waals surface area (Å²) in [7, 11) is -9.27. The summed E-state index contributed by atoms with van der Waals surface area (Å²) in [5, 5.41) is -0.0671. The van der Waals surface area contributed by atoms with Crippen LogP contribution in [0.5, 0.6) is 5.75 Å². The van der Waals surface area contributed by atoms with Gasteiger partial charge in [-0.05, 0) is 48.9 Å². The van der Waals surface area contributed by atoms with Crippen molar-refractivity contribution in [2.45, 2.75) is 78.1 Å². The second-order valence-electron chi connectivity index (χ2n) is 6.84. The van der Waals surface area contributed by atoms with Crippen LogP contribution in [0.15, 0.2) is 12.1 Å². The van der Waals surface area contributed by atoms with Gasteiger partial charge in [0.15, 0.2) is 0 Å². The minimum absolute atomic E-state index is 0.0162. The van der Waals surface area contributed by atoms with Gasteiger partial charge >= 0.3 is 15.4 Å². The maximum absolute atomic E-state index is 12.0. The molecule has 1 aromatic rings. The molecule has 7 nitrogen and oxygen atoms in total. The van der Waals surface area contributed by atoms with Crippen LogP contribution in [0.4, 0.5) is 0 Å². The first-order chi connectivity index (χ1) is 12.6. The number of unbranched alkanes of at least 4 members (excludes halogenated alkanes) is 6. The molecule has 0 fully saturated rings. The van der Waals surface area contributed by atoms with Crippen LogP contribution in [0.25, 0.3) is 0 Å². The molecule has 0 amide bonds. The van der Waals surface area contributed by atoms with Gasteiger partial charge in [-0.1, -0.05) is 52.4 Å². The molecular weight excluding hydrogens is 390 g/mol. The number of phosphoric ester groups is 1. The third kappa shape index (κ3) is 9.38. The molecule has 0 aliphatic carbocycles. The maximum Gasteiger partial charge on any atom is 0.524 e. The molecule has 0 saturated heterocycles. The normalized spacial score (nSPS) is 12.4. The molecule has 27 heavy (non-hydrogen) atoms. The van der Waals surface area contributed by atoms with Gasteiger partial charge in [-0.25, -0.2) is 4.57 Å². The Hall–Kier alpha value is -0.680. The van der Waals surface area contributed by atoms with Crippen molar-refractivity contribution in [3.63, 3.8) is 0 Å². The number of hydrogen-bond donors (Lipinski definition) is 4. The number of benzene rings is 1. The molecule has 1 aromatic carbocycles. The summed E-state index contributed by atoms with van der Waals surface area (Å²) < 4.78 is 28.1. The predicted octanol–water partition coefficient (Wildman–Crippen LogP) is 4.21. The van der Waals surface area contributed by atoms with E-state index in [2.05, 4.69) is 13.8 Å². The maximum atomic E-state index is 12.0. The molecule has 0 bridgehead atoms. The standard InChI is InChI=1S/C18H32O7P2/c1-3-5-7-9-11-15-14-18(26(19,20)21)16(12-10-8-6-4-2)13-17(15)25-27(22,23)24/h13-14H,3-12H2,1-2H3,(H2,19,20,21)(H2,22,23,24). The lowest BCUT2D eigenvalue weighted by Crippen LogP contribution is -2.14. The van der Waals surface area contributed by atoms with Gasteiger partial charge < -0.3 is 14.3 Å². The Morgan fingerprint density at radius 2 is 1.30 bits per heavy atom. The van der Waals surface area contributed by atoms with Crippen molar-refractivity contribution in [2.24, 2.45) is 0 Å². The smallest absolute Gasteiger partial charge is 0.404 e. The van der Waals surface area contributed by atoms with Crippen LogP contribution in [0, 0.1) is 0 Å². The van der Waals surface area contributed by atoms with Crippen molar-refractivity contribution in [3.05, 3.63) is 23.3 Å². The Balaban J connectivity index is 3.21. The highest BCUT2D eigenvalue weighted by molar-refractivity contribution is 7.60. The molecule has 0 heterocycles. The van der Waals surface area contributed by atoms with Crippen molar-refractivity contribution in [3.8, 4) is 5.75 Å². The van der Waals surface area contributed by atoms with Gasteiger partial charge in [-0.3, -0.25) is 14.4 Å². The van der Waals surface area contributed by atoms with Gasteiger partial charge in [0.1, 0.15) is 5.75 Å². The van der Waals surface area contributed by atoms with E-state index in [1.165, 1.54) is 12.1 Å². The van der Waals surface area contributed by atoms with Crippen molar-refractivity contribution < 1.29 is 33.2 Å². The Bertz CT molecular complexity index is 679. The van der Waals surface area contributed by atoms with Crippen LogP contribution in [0.1, 0.15) is 76.3 Å². The third-order valence-electron chi connectivity index (χ3n) is 4.39. The zero-order valence-electron chi connectivity index (χ0n) is 16.1. The highest BCUT2D eigenvalue weighted by Crippen LogP contribution is 2.43. The fourth-order valence-electron chi connectivity index (χ4n) is 3.02. The molecule has 0 aromatic heterocycles. The zero-order valence-corrected chi connectivity index (χ0v) is 17.9. The van der Waals surface area contributed by atoms with Crippen molar-refractivity contribution in [1.82, 2.24) is 0 Å². The van der Waals surface area contributed by atoms with E-state index in [1.807, 2.05) is 0 Å². The summed E-state index contributed by atoms with van der Waals surface area (Å²) in [6.07, 6.45) is 8.33. The van der Waals surface area contributed by atoms with Gasteiger partial charge in [0, 0.05) is 0 Å². The number of aryl methyl sites for hydroxylation is 2. The van der Waals surface area contributed by atoms with Crippen molar-refractivity contribution in [2.75, 3.05) is 0 Å². The molecular formula is C18H32O7P2. The Labute approximate surface area is 161 Å². The van der Waals surface area contributed by atoms with Crippen LogP contribution >= 0.6 is 15.4 Å². The van der Waals surface area contributed by atoms with Crippen molar-refractivity contribution >= 4 is 20.7 Å². The quantitative estimate of drug-likeness (QED) is 0.277. The average molecular weight is 422 g/mol. The summed E-state index contributed by atoms with van der Waals surface area (Å²) in [5.41, 5.74) is 0.810. The molecule has 0 radical (unpaired) electrons. The lowest BCUT2D eigenvalue weighted by molar-refractivity contribution is 0.282. The molecule has 156 valence electrons. The predicted molar refractivity (Wildman–Crippen MR) is 106 cm³/mol. The van der Waals surface area contributed by atoms with Crippen LogP contribution in [-0.4, -0.2) is 19.6 Å². The van der Waals surface area contributed by atoms with E-state index in [0.717, 1.165) is 51.4 Å². The first-order valence-corrected chi connectivity index (χ1v) is 12.7. The van der Waals surface area contributed by atoms with Crippen LogP contribution in [0.3, 0.4) is 0 Å². The van der Waals surface area contributed by atoms with E-state index in [1.54, 1.807) is 0 Å².